The normalized spacial score (nSPS) is 31.6. The van der Waals surface area contributed by atoms with E-state index < -0.39 is 0 Å². The van der Waals surface area contributed by atoms with Crippen molar-refractivity contribution in [1.29, 1.82) is 0 Å². The van der Waals surface area contributed by atoms with E-state index in [2.05, 4.69) is 47.6 Å². The van der Waals surface area contributed by atoms with Crippen molar-refractivity contribution in [2.45, 2.75) is 38.8 Å². The molecule has 0 amide bonds. The Labute approximate surface area is 118 Å². The maximum atomic E-state index is 5.96. The van der Waals surface area contributed by atoms with Gasteiger partial charge in [-0.3, -0.25) is 5.10 Å². The Morgan fingerprint density at radius 3 is 3.20 bits per heavy atom. The third kappa shape index (κ3) is 1.67. The Kier molecular flexibility index (Phi) is 2.58. The molecule has 1 aliphatic carbocycles. The quantitative estimate of drug-likeness (QED) is 0.882. The molecule has 4 nitrogen and oxygen atoms in total. The predicted molar refractivity (Wildman–Crippen MR) is 79.7 cm³/mol. The van der Waals surface area contributed by atoms with Gasteiger partial charge in [-0.15, -0.1) is 0 Å². The number of H-pyrrole nitrogens is 1. The second-order valence-electron chi connectivity index (χ2n) is 6.71. The van der Waals surface area contributed by atoms with Crippen LogP contribution in [-0.4, -0.2) is 29.0 Å². The Hall–Kier alpha value is -1.55. The number of ether oxygens (including phenoxy) is 1. The molecule has 20 heavy (non-hydrogen) atoms. The molecule has 2 aromatic rings. The van der Waals surface area contributed by atoms with Crippen LogP contribution in [0.15, 0.2) is 24.4 Å². The molecule has 4 rings (SSSR count). The Morgan fingerprint density at radius 2 is 2.30 bits per heavy atom. The van der Waals surface area contributed by atoms with Crippen LogP contribution in [-0.2, 0) is 4.74 Å². The summed E-state index contributed by atoms with van der Waals surface area (Å²) in [4.78, 5) is 0. The highest BCUT2D eigenvalue weighted by Gasteiger charge is 2.57. The topological polar surface area (TPSA) is 49.9 Å². The van der Waals surface area contributed by atoms with Crippen LogP contribution < -0.4 is 5.32 Å². The van der Waals surface area contributed by atoms with Gasteiger partial charge in [-0.1, -0.05) is 13.8 Å². The molecule has 3 atom stereocenters. The monoisotopic (exact) mass is 271 g/mol. The number of aromatic nitrogens is 2. The fourth-order valence-electron chi connectivity index (χ4n) is 4.03. The lowest BCUT2D eigenvalue weighted by Crippen LogP contribution is -2.67. The summed E-state index contributed by atoms with van der Waals surface area (Å²) >= 11 is 0. The van der Waals surface area contributed by atoms with Gasteiger partial charge >= 0.3 is 0 Å². The van der Waals surface area contributed by atoms with E-state index in [1.54, 1.807) is 0 Å². The first-order chi connectivity index (χ1) is 9.66. The van der Waals surface area contributed by atoms with Gasteiger partial charge in [-0.05, 0) is 31.0 Å². The Balaban J connectivity index is 1.58. The van der Waals surface area contributed by atoms with Crippen LogP contribution in [0.25, 0.3) is 10.9 Å². The van der Waals surface area contributed by atoms with Crippen LogP contribution >= 0.6 is 0 Å². The van der Waals surface area contributed by atoms with Gasteiger partial charge in [-0.25, -0.2) is 0 Å². The van der Waals surface area contributed by atoms with Crippen molar-refractivity contribution < 1.29 is 4.74 Å². The number of nitrogens with one attached hydrogen (secondary N) is 2. The molecule has 2 aliphatic rings. The lowest BCUT2D eigenvalue weighted by molar-refractivity contribution is -0.177. The maximum Gasteiger partial charge on any atom is 0.0693 e. The fraction of sp³-hybridized carbons (Fsp3) is 0.562. The molecule has 106 valence electrons. The van der Waals surface area contributed by atoms with Crippen LogP contribution in [0.4, 0.5) is 5.69 Å². The van der Waals surface area contributed by atoms with E-state index in [9.17, 15) is 0 Å². The first-order valence-corrected chi connectivity index (χ1v) is 7.47. The minimum Gasteiger partial charge on any atom is -0.381 e. The maximum absolute atomic E-state index is 5.96. The first-order valence-electron chi connectivity index (χ1n) is 7.47. The van der Waals surface area contributed by atoms with Crippen LogP contribution in [0, 0.1) is 11.3 Å². The van der Waals surface area contributed by atoms with Crippen molar-refractivity contribution >= 4 is 16.6 Å². The van der Waals surface area contributed by atoms with Crippen molar-refractivity contribution in [3.8, 4) is 0 Å². The van der Waals surface area contributed by atoms with Crippen LogP contribution in [0.2, 0.25) is 0 Å². The molecule has 1 saturated heterocycles. The summed E-state index contributed by atoms with van der Waals surface area (Å²) in [5.41, 5.74) is 2.47. The van der Waals surface area contributed by atoms with Crippen molar-refractivity contribution in [3.63, 3.8) is 0 Å². The van der Waals surface area contributed by atoms with Crippen molar-refractivity contribution in [2.24, 2.45) is 11.3 Å². The van der Waals surface area contributed by atoms with Gasteiger partial charge in [0, 0.05) is 35.1 Å². The van der Waals surface area contributed by atoms with Crippen LogP contribution in [0.1, 0.15) is 26.7 Å². The standard InChI is InChI=1S/C16H21N3O/c1-16(2)14(12-4-3-7-20-15(12)16)18-11-5-6-13-10(8-11)9-17-19-13/h5-6,8-9,12,14-15,18H,3-4,7H2,1-2H3,(H,17,19). The number of hydrogen-bond donors (Lipinski definition) is 2. The second kappa shape index (κ2) is 4.22. The van der Waals surface area contributed by atoms with Gasteiger partial charge in [0.05, 0.1) is 17.8 Å². The zero-order chi connectivity index (χ0) is 13.7. The molecule has 0 bridgehead atoms. The Bertz CT molecular complexity index is 633. The number of aromatic amines is 1. The summed E-state index contributed by atoms with van der Waals surface area (Å²) in [7, 11) is 0. The summed E-state index contributed by atoms with van der Waals surface area (Å²) < 4.78 is 5.96. The molecule has 2 N–H and O–H groups in total. The molecule has 1 aliphatic heterocycles. The van der Waals surface area contributed by atoms with Gasteiger partial charge in [0.1, 0.15) is 0 Å². The molecule has 1 saturated carbocycles. The average Bonchev–Trinajstić information content (AvgIpc) is 2.92. The molecular formula is C16H21N3O. The average molecular weight is 271 g/mol. The van der Waals surface area contributed by atoms with Gasteiger partial charge in [0.15, 0.2) is 0 Å². The SMILES string of the molecule is CC1(C)C(Nc2ccc3[nH]ncc3c2)C2CCCOC21. The van der Waals surface area contributed by atoms with Gasteiger partial charge in [0.25, 0.3) is 0 Å². The number of fused-ring (bicyclic) bond motifs is 2. The number of nitrogens with zero attached hydrogens (tertiary/aromatic N) is 1. The highest BCUT2D eigenvalue weighted by Crippen LogP contribution is 2.52. The van der Waals surface area contributed by atoms with E-state index in [4.69, 9.17) is 4.74 Å². The summed E-state index contributed by atoms with van der Waals surface area (Å²) in [6, 6.07) is 6.89. The first kappa shape index (κ1) is 12.2. The van der Waals surface area contributed by atoms with E-state index >= 15 is 0 Å². The molecule has 0 spiro atoms. The zero-order valence-electron chi connectivity index (χ0n) is 12.0. The predicted octanol–water partition coefficient (Wildman–Crippen LogP) is 3.18. The highest BCUT2D eigenvalue weighted by molar-refractivity contribution is 5.81. The smallest absolute Gasteiger partial charge is 0.0693 e. The number of rotatable bonds is 2. The Morgan fingerprint density at radius 1 is 1.40 bits per heavy atom. The van der Waals surface area contributed by atoms with Crippen molar-refractivity contribution in [1.82, 2.24) is 10.2 Å². The molecule has 2 heterocycles. The highest BCUT2D eigenvalue weighted by atomic mass is 16.5. The van der Waals surface area contributed by atoms with Crippen molar-refractivity contribution in [2.75, 3.05) is 11.9 Å². The molecule has 1 aromatic heterocycles. The number of hydrogen-bond acceptors (Lipinski definition) is 3. The van der Waals surface area contributed by atoms with E-state index in [0.29, 0.717) is 18.1 Å². The van der Waals surface area contributed by atoms with Crippen LogP contribution in [0.3, 0.4) is 0 Å². The third-order valence-corrected chi connectivity index (χ3v) is 5.09. The van der Waals surface area contributed by atoms with E-state index in [1.165, 1.54) is 18.5 Å². The minimum absolute atomic E-state index is 0.205. The second-order valence-corrected chi connectivity index (χ2v) is 6.71. The number of benzene rings is 1. The molecule has 4 heteroatoms. The number of anilines is 1. The molecule has 0 radical (unpaired) electrons. The zero-order valence-corrected chi connectivity index (χ0v) is 12.0. The molecule has 3 unspecified atom stereocenters. The van der Waals surface area contributed by atoms with E-state index in [0.717, 1.165) is 17.5 Å². The fourth-order valence-corrected chi connectivity index (χ4v) is 4.03. The summed E-state index contributed by atoms with van der Waals surface area (Å²) in [6.45, 7) is 5.55. The molecular weight excluding hydrogens is 250 g/mol. The van der Waals surface area contributed by atoms with Crippen LogP contribution in [0.5, 0.6) is 0 Å². The lowest BCUT2D eigenvalue weighted by Gasteiger charge is -2.60. The van der Waals surface area contributed by atoms with E-state index in [1.807, 2.05) is 6.20 Å². The van der Waals surface area contributed by atoms with Gasteiger partial charge in [-0.2, -0.15) is 5.10 Å². The van der Waals surface area contributed by atoms with Gasteiger partial charge < -0.3 is 10.1 Å². The third-order valence-electron chi connectivity index (χ3n) is 5.09. The lowest BCUT2D eigenvalue weighted by atomic mass is 9.55. The van der Waals surface area contributed by atoms with Crippen molar-refractivity contribution in [3.05, 3.63) is 24.4 Å². The summed E-state index contributed by atoms with van der Waals surface area (Å²) in [5, 5.41) is 12.0. The van der Waals surface area contributed by atoms with E-state index in [-0.39, 0.29) is 5.41 Å². The van der Waals surface area contributed by atoms with Gasteiger partial charge in [0.2, 0.25) is 0 Å². The minimum atomic E-state index is 0.205. The summed E-state index contributed by atoms with van der Waals surface area (Å²) in [5.74, 6) is 0.652. The molecule has 2 fully saturated rings. The largest absolute Gasteiger partial charge is 0.381 e. The summed E-state index contributed by atoms with van der Waals surface area (Å²) in [6.07, 6.45) is 4.76. The molecule has 1 aromatic carbocycles.